The van der Waals surface area contributed by atoms with Gasteiger partial charge in [0.05, 0.1) is 26.0 Å². The predicted molar refractivity (Wildman–Crippen MR) is 101 cm³/mol. The second-order valence-corrected chi connectivity index (χ2v) is 7.07. The van der Waals surface area contributed by atoms with E-state index in [4.69, 9.17) is 21.1 Å². The Labute approximate surface area is 159 Å². The summed E-state index contributed by atoms with van der Waals surface area (Å²) in [6, 6.07) is 4.91. The number of nitrogens with one attached hydrogen (secondary N) is 2. The number of carbonyl (C=O) groups excluding carboxylic acids is 2. The van der Waals surface area contributed by atoms with Crippen LogP contribution in [0.3, 0.4) is 0 Å². The molecule has 1 aliphatic rings. The third-order valence-corrected chi connectivity index (χ3v) is 4.60. The zero-order valence-electron chi connectivity index (χ0n) is 15.4. The molecule has 2 N–H and O–H groups in total. The van der Waals surface area contributed by atoms with Crippen LogP contribution in [0.25, 0.3) is 0 Å². The molecule has 0 atom stereocenters. The highest BCUT2D eigenvalue weighted by atomic mass is 35.5. The van der Waals surface area contributed by atoms with E-state index in [0.717, 1.165) is 19.6 Å². The Morgan fingerprint density at radius 3 is 2.62 bits per heavy atom. The van der Waals surface area contributed by atoms with Crippen molar-refractivity contribution in [3.05, 3.63) is 23.2 Å². The SMILES string of the molecule is COc1ccc(Cl)cc1NC(=O)C(C)(C)C(=O)NCCN1CCOCC1. The van der Waals surface area contributed by atoms with Gasteiger partial charge in [0.15, 0.2) is 0 Å². The molecule has 1 heterocycles. The molecular weight excluding hydrogens is 358 g/mol. The van der Waals surface area contributed by atoms with Gasteiger partial charge in [-0.15, -0.1) is 0 Å². The summed E-state index contributed by atoms with van der Waals surface area (Å²) < 4.78 is 10.5. The van der Waals surface area contributed by atoms with E-state index in [1.54, 1.807) is 32.0 Å². The Bertz CT molecular complexity index is 645. The van der Waals surface area contributed by atoms with Crippen molar-refractivity contribution >= 4 is 29.1 Å². The third kappa shape index (κ3) is 5.33. The fourth-order valence-corrected chi connectivity index (χ4v) is 2.70. The van der Waals surface area contributed by atoms with Crippen molar-refractivity contribution in [1.82, 2.24) is 10.2 Å². The van der Waals surface area contributed by atoms with E-state index in [1.807, 2.05) is 0 Å². The molecule has 0 aliphatic carbocycles. The summed E-state index contributed by atoms with van der Waals surface area (Å²) in [5.41, 5.74) is -0.808. The summed E-state index contributed by atoms with van der Waals surface area (Å²) in [7, 11) is 1.50. The average molecular weight is 384 g/mol. The average Bonchev–Trinajstić information content (AvgIpc) is 2.62. The number of amides is 2. The van der Waals surface area contributed by atoms with Gasteiger partial charge in [-0.25, -0.2) is 0 Å². The number of hydrogen-bond donors (Lipinski definition) is 2. The Morgan fingerprint density at radius 1 is 1.27 bits per heavy atom. The summed E-state index contributed by atoms with van der Waals surface area (Å²) in [6.45, 7) is 7.52. The second-order valence-electron chi connectivity index (χ2n) is 6.63. The van der Waals surface area contributed by atoms with Crippen molar-refractivity contribution in [2.45, 2.75) is 13.8 Å². The Hall–Kier alpha value is -1.83. The van der Waals surface area contributed by atoms with Crippen LogP contribution < -0.4 is 15.4 Å². The van der Waals surface area contributed by atoms with E-state index >= 15 is 0 Å². The second kappa shape index (κ2) is 9.21. The molecule has 0 aromatic heterocycles. The molecule has 7 nitrogen and oxygen atoms in total. The third-order valence-electron chi connectivity index (χ3n) is 4.36. The number of benzene rings is 1. The molecule has 0 saturated carbocycles. The Kier molecular flexibility index (Phi) is 7.25. The van der Waals surface area contributed by atoms with E-state index in [1.165, 1.54) is 7.11 Å². The van der Waals surface area contributed by atoms with Gasteiger partial charge in [0, 0.05) is 31.2 Å². The van der Waals surface area contributed by atoms with Gasteiger partial charge >= 0.3 is 0 Å². The zero-order chi connectivity index (χ0) is 19.2. The number of hydrogen-bond acceptors (Lipinski definition) is 5. The maximum Gasteiger partial charge on any atom is 0.239 e. The topological polar surface area (TPSA) is 79.9 Å². The van der Waals surface area contributed by atoms with Gasteiger partial charge in [0.2, 0.25) is 11.8 Å². The maximum absolute atomic E-state index is 12.6. The lowest BCUT2D eigenvalue weighted by atomic mass is 9.91. The van der Waals surface area contributed by atoms with Gasteiger partial charge in [0.25, 0.3) is 0 Å². The van der Waals surface area contributed by atoms with Crippen LogP contribution in [-0.4, -0.2) is 63.2 Å². The highest BCUT2D eigenvalue weighted by molar-refractivity contribution is 6.31. The van der Waals surface area contributed by atoms with Crippen LogP contribution >= 0.6 is 11.6 Å². The van der Waals surface area contributed by atoms with Crippen LogP contribution in [0, 0.1) is 5.41 Å². The van der Waals surface area contributed by atoms with Crippen LogP contribution in [0.1, 0.15) is 13.8 Å². The van der Waals surface area contributed by atoms with Gasteiger partial charge in [-0.3, -0.25) is 14.5 Å². The molecule has 1 saturated heterocycles. The molecule has 1 fully saturated rings. The normalized spacial score (nSPS) is 15.4. The number of ether oxygens (including phenoxy) is 2. The maximum atomic E-state index is 12.6. The highest BCUT2D eigenvalue weighted by Gasteiger charge is 2.36. The largest absolute Gasteiger partial charge is 0.495 e. The van der Waals surface area contributed by atoms with Crippen molar-refractivity contribution < 1.29 is 19.1 Å². The van der Waals surface area contributed by atoms with Crippen LogP contribution in [0.4, 0.5) is 5.69 Å². The lowest BCUT2D eigenvalue weighted by molar-refractivity contribution is -0.138. The van der Waals surface area contributed by atoms with Gasteiger partial charge < -0.3 is 20.1 Å². The molecule has 0 radical (unpaired) electrons. The minimum absolute atomic E-state index is 0.329. The minimum Gasteiger partial charge on any atom is -0.495 e. The first-order valence-corrected chi connectivity index (χ1v) is 8.96. The first-order valence-electron chi connectivity index (χ1n) is 8.58. The highest BCUT2D eigenvalue weighted by Crippen LogP contribution is 2.29. The van der Waals surface area contributed by atoms with Crippen LogP contribution in [-0.2, 0) is 14.3 Å². The quantitative estimate of drug-likeness (QED) is 0.701. The molecule has 1 aromatic carbocycles. The number of methoxy groups -OCH3 is 1. The fourth-order valence-electron chi connectivity index (χ4n) is 2.53. The lowest BCUT2D eigenvalue weighted by Gasteiger charge is -2.28. The molecule has 8 heteroatoms. The standard InChI is InChI=1S/C18H26ClN3O4/c1-18(2,16(23)20-6-7-22-8-10-26-11-9-22)17(24)21-14-12-13(19)4-5-15(14)25-3/h4-5,12H,6-11H2,1-3H3,(H,20,23)(H,21,24). The molecule has 2 rings (SSSR count). The van der Waals surface area contributed by atoms with E-state index in [0.29, 0.717) is 36.2 Å². The van der Waals surface area contributed by atoms with Crippen LogP contribution in [0.5, 0.6) is 5.75 Å². The van der Waals surface area contributed by atoms with Gasteiger partial charge in [-0.2, -0.15) is 0 Å². The minimum atomic E-state index is -1.24. The number of halogens is 1. The monoisotopic (exact) mass is 383 g/mol. The predicted octanol–water partition coefficient (Wildman–Crippen LogP) is 1.76. The number of morpholine rings is 1. The smallest absolute Gasteiger partial charge is 0.239 e. The first-order chi connectivity index (χ1) is 12.3. The zero-order valence-corrected chi connectivity index (χ0v) is 16.2. The molecular formula is C18H26ClN3O4. The van der Waals surface area contributed by atoms with Crippen LogP contribution in [0.15, 0.2) is 18.2 Å². The number of nitrogens with zero attached hydrogens (tertiary/aromatic N) is 1. The Balaban J connectivity index is 1.91. The summed E-state index contributed by atoms with van der Waals surface area (Å²) in [5.74, 6) is -0.280. The van der Waals surface area contributed by atoms with Crippen molar-refractivity contribution in [1.29, 1.82) is 0 Å². The van der Waals surface area contributed by atoms with Crippen LogP contribution in [0.2, 0.25) is 5.02 Å². The number of rotatable bonds is 7. The molecule has 0 bridgehead atoms. The van der Waals surface area contributed by atoms with Crippen molar-refractivity contribution in [2.75, 3.05) is 51.8 Å². The van der Waals surface area contributed by atoms with Gasteiger partial charge in [0.1, 0.15) is 11.2 Å². The van der Waals surface area contributed by atoms with E-state index in [2.05, 4.69) is 15.5 Å². The van der Waals surface area contributed by atoms with Crippen molar-refractivity contribution in [3.63, 3.8) is 0 Å². The van der Waals surface area contributed by atoms with Gasteiger partial charge in [-0.1, -0.05) is 11.6 Å². The van der Waals surface area contributed by atoms with E-state index in [-0.39, 0.29) is 5.91 Å². The molecule has 2 amide bonds. The van der Waals surface area contributed by atoms with E-state index in [9.17, 15) is 9.59 Å². The summed E-state index contributed by atoms with van der Waals surface area (Å²) in [4.78, 5) is 27.3. The lowest BCUT2D eigenvalue weighted by Crippen LogP contribution is -2.48. The van der Waals surface area contributed by atoms with Crippen molar-refractivity contribution in [2.24, 2.45) is 5.41 Å². The van der Waals surface area contributed by atoms with E-state index < -0.39 is 11.3 Å². The molecule has 26 heavy (non-hydrogen) atoms. The number of carbonyl (C=O) groups is 2. The molecule has 0 spiro atoms. The summed E-state index contributed by atoms with van der Waals surface area (Å²) in [6.07, 6.45) is 0. The Morgan fingerprint density at radius 2 is 1.96 bits per heavy atom. The summed E-state index contributed by atoms with van der Waals surface area (Å²) >= 11 is 5.98. The summed E-state index contributed by atoms with van der Waals surface area (Å²) in [5, 5.41) is 6.03. The molecule has 144 valence electrons. The molecule has 1 aromatic rings. The van der Waals surface area contributed by atoms with Gasteiger partial charge in [-0.05, 0) is 32.0 Å². The molecule has 1 aliphatic heterocycles. The first kappa shape index (κ1) is 20.5. The van der Waals surface area contributed by atoms with Crippen molar-refractivity contribution in [3.8, 4) is 5.75 Å². The number of anilines is 1. The fraction of sp³-hybridized carbons (Fsp3) is 0.556. The molecule has 0 unspecified atom stereocenters.